The van der Waals surface area contributed by atoms with Crippen molar-refractivity contribution in [2.24, 2.45) is 0 Å². The maximum absolute atomic E-state index is 13.4. The second kappa shape index (κ2) is 8.16. The minimum atomic E-state index is -0.0303. The zero-order valence-electron chi connectivity index (χ0n) is 16.2. The van der Waals surface area contributed by atoms with E-state index in [1.807, 2.05) is 60.7 Å². The average Bonchev–Trinajstić information content (AvgIpc) is 3.24. The molecule has 148 valence electrons. The summed E-state index contributed by atoms with van der Waals surface area (Å²) >= 11 is 0. The summed E-state index contributed by atoms with van der Waals surface area (Å²) < 4.78 is 7.17. The first-order chi connectivity index (χ1) is 13.1. The Kier molecular flexibility index (Phi) is 5.86. The Morgan fingerprint density at radius 3 is 2.79 bits per heavy atom. The molecule has 1 unspecified atom stereocenters. The van der Waals surface area contributed by atoms with Gasteiger partial charge in [0.15, 0.2) is 5.82 Å². The lowest BCUT2D eigenvalue weighted by atomic mass is 10.0. The van der Waals surface area contributed by atoms with Gasteiger partial charge in [-0.3, -0.25) is 14.3 Å². The van der Waals surface area contributed by atoms with Crippen molar-refractivity contribution < 1.29 is 9.32 Å². The Hall–Kier alpha value is -2.64. The van der Waals surface area contributed by atoms with Gasteiger partial charge in [0.1, 0.15) is 5.76 Å². The summed E-state index contributed by atoms with van der Waals surface area (Å²) in [5.74, 6) is 1.47. The third-order valence-electron chi connectivity index (χ3n) is 5.08. The summed E-state index contributed by atoms with van der Waals surface area (Å²) in [7, 11) is 0. The van der Waals surface area contributed by atoms with Crippen molar-refractivity contribution in [1.82, 2.24) is 24.9 Å². The highest BCUT2D eigenvalue weighted by atomic mass is 35.5. The van der Waals surface area contributed by atoms with Gasteiger partial charge in [0.25, 0.3) is 5.91 Å². The van der Waals surface area contributed by atoms with E-state index in [4.69, 9.17) is 4.52 Å². The molecule has 1 saturated heterocycles. The fourth-order valence-electron chi connectivity index (χ4n) is 3.76. The van der Waals surface area contributed by atoms with Gasteiger partial charge >= 0.3 is 0 Å². The molecule has 8 heteroatoms. The maximum Gasteiger partial charge on any atom is 0.256 e. The Bertz CT molecular complexity index is 966. The average molecular weight is 402 g/mol. The molecule has 0 aromatic carbocycles. The van der Waals surface area contributed by atoms with Crippen molar-refractivity contribution in [2.45, 2.75) is 26.8 Å². The number of rotatable bonds is 3. The topological polar surface area (TPSA) is 76.2 Å². The van der Waals surface area contributed by atoms with Crippen LogP contribution in [0.5, 0.6) is 0 Å². The molecule has 0 saturated carbocycles. The van der Waals surface area contributed by atoms with Gasteiger partial charge in [-0.15, -0.1) is 12.4 Å². The van der Waals surface area contributed by atoms with Crippen molar-refractivity contribution >= 4 is 18.3 Å². The minimum absolute atomic E-state index is 0. The van der Waals surface area contributed by atoms with Crippen LogP contribution in [0.4, 0.5) is 0 Å². The minimum Gasteiger partial charge on any atom is -0.360 e. The van der Waals surface area contributed by atoms with Crippen LogP contribution in [-0.2, 0) is 0 Å². The molecule has 4 rings (SSSR count). The predicted molar refractivity (Wildman–Crippen MR) is 108 cm³/mol. The molecule has 0 aliphatic carbocycles. The van der Waals surface area contributed by atoms with Crippen molar-refractivity contribution in [2.75, 3.05) is 19.6 Å². The van der Waals surface area contributed by atoms with Crippen LogP contribution in [0.25, 0.3) is 5.82 Å². The van der Waals surface area contributed by atoms with Gasteiger partial charge in [0, 0.05) is 49.5 Å². The van der Waals surface area contributed by atoms with Gasteiger partial charge in [-0.1, -0.05) is 11.2 Å². The molecule has 1 atom stereocenters. The summed E-state index contributed by atoms with van der Waals surface area (Å²) in [4.78, 5) is 19.6. The molecule has 4 heterocycles. The number of pyridine rings is 1. The summed E-state index contributed by atoms with van der Waals surface area (Å²) in [5.41, 5.74) is 3.56. The van der Waals surface area contributed by atoms with E-state index in [2.05, 4.69) is 15.5 Å². The largest absolute Gasteiger partial charge is 0.360 e. The quantitative estimate of drug-likeness (QED) is 0.730. The number of amides is 1. The molecule has 1 amide bonds. The van der Waals surface area contributed by atoms with Crippen molar-refractivity contribution in [3.63, 3.8) is 0 Å². The maximum atomic E-state index is 13.4. The molecule has 0 spiro atoms. The molecule has 3 aromatic heterocycles. The van der Waals surface area contributed by atoms with E-state index in [0.29, 0.717) is 17.9 Å². The number of piperazine rings is 1. The number of carbonyl (C=O) groups is 1. The third kappa shape index (κ3) is 3.55. The second-order valence-electron chi connectivity index (χ2n) is 6.92. The number of hydrogen-bond donors (Lipinski definition) is 1. The van der Waals surface area contributed by atoms with Gasteiger partial charge < -0.3 is 14.7 Å². The van der Waals surface area contributed by atoms with Crippen LogP contribution in [0, 0.1) is 20.8 Å². The Labute approximate surface area is 170 Å². The van der Waals surface area contributed by atoms with Crippen LogP contribution in [0.2, 0.25) is 0 Å². The summed E-state index contributed by atoms with van der Waals surface area (Å²) in [6, 6.07) is 7.71. The number of carbonyl (C=O) groups excluding carboxylic acids is 1. The molecule has 1 fully saturated rings. The van der Waals surface area contributed by atoms with Crippen molar-refractivity contribution in [1.29, 1.82) is 0 Å². The van der Waals surface area contributed by atoms with E-state index in [1.165, 1.54) is 0 Å². The summed E-state index contributed by atoms with van der Waals surface area (Å²) in [5, 5.41) is 7.48. The third-order valence-corrected chi connectivity index (χ3v) is 5.08. The van der Waals surface area contributed by atoms with Gasteiger partial charge in [-0.05, 0) is 38.5 Å². The summed E-state index contributed by atoms with van der Waals surface area (Å²) in [6.45, 7) is 7.94. The Balaban J connectivity index is 0.00000225. The number of halogens is 1. The normalized spacial score (nSPS) is 16.7. The van der Waals surface area contributed by atoms with Crippen LogP contribution in [-0.4, -0.2) is 45.1 Å². The molecule has 3 aromatic rings. The highest BCUT2D eigenvalue weighted by Gasteiger charge is 2.31. The summed E-state index contributed by atoms with van der Waals surface area (Å²) in [6.07, 6.45) is 3.58. The van der Waals surface area contributed by atoms with Gasteiger partial charge in [-0.25, -0.2) is 0 Å². The lowest BCUT2D eigenvalue weighted by Gasteiger charge is -2.36. The van der Waals surface area contributed by atoms with E-state index in [0.717, 1.165) is 35.8 Å². The SMILES string of the molecule is Cc1cc(-n2c(C)cc(C(=O)N3CCNCC3c3cccnc3)c2C)no1.Cl. The zero-order valence-corrected chi connectivity index (χ0v) is 17.0. The number of nitrogens with one attached hydrogen (secondary N) is 1. The molecule has 0 radical (unpaired) electrons. The van der Waals surface area contributed by atoms with Crippen molar-refractivity contribution in [3.05, 3.63) is 64.9 Å². The fraction of sp³-hybridized carbons (Fsp3) is 0.350. The van der Waals surface area contributed by atoms with Gasteiger partial charge in [-0.2, -0.15) is 0 Å². The first-order valence-electron chi connectivity index (χ1n) is 9.10. The molecule has 1 N–H and O–H groups in total. The molecule has 1 aliphatic heterocycles. The fourth-order valence-corrected chi connectivity index (χ4v) is 3.76. The molecule has 7 nitrogen and oxygen atoms in total. The molecular formula is C20H24ClN5O2. The molecule has 0 bridgehead atoms. The number of nitrogens with zero attached hydrogens (tertiary/aromatic N) is 4. The van der Waals surface area contributed by atoms with Crippen LogP contribution in [0.15, 0.2) is 41.2 Å². The van der Waals surface area contributed by atoms with Gasteiger partial charge in [0.2, 0.25) is 0 Å². The van der Waals surface area contributed by atoms with Gasteiger partial charge in [0.05, 0.1) is 11.6 Å². The Morgan fingerprint density at radius 1 is 1.29 bits per heavy atom. The van der Waals surface area contributed by atoms with E-state index in [-0.39, 0.29) is 24.4 Å². The van der Waals surface area contributed by atoms with E-state index >= 15 is 0 Å². The smallest absolute Gasteiger partial charge is 0.256 e. The van der Waals surface area contributed by atoms with Crippen LogP contribution >= 0.6 is 12.4 Å². The highest BCUT2D eigenvalue weighted by molar-refractivity contribution is 5.96. The highest BCUT2D eigenvalue weighted by Crippen LogP contribution is 2.27. The lowest BCUT2D eigenvalue weighted by molar-refractivity contribution is 0.0633. The first-order valence-corrected chi connectivity index (χ1v) is 9.10. The molecular weight excluding hydrogens is 378 g/mol. The number of aryl methyl sites for hydroxylation is 2. The second-order valence-corrected chi connectivity index (χ2v) is 6.92. The van der Waals surface area contributed by atoms with E-state index in [1.54, 1.807) is 6.20 Å². The van der Waals surface area contributed by atoms with Crippen molar-refractivity contribution in [3.8, 4) is 5.82 Å². The Morgan fingerprint density at radius 2 is 2.11 bits per heavy atom. The van der Waals surface area contributed by atoms with E-state index in [9.17, 15) is 4.79 Å². The predicted octanol–water partition coefficient (Wildman–Crippen LogP) is 2.99. The van der Waals surface area contributed by atoms with Crippen LogP contribution in [0.1, 0.15) is 39.1 Å². The zero-order chi connectivity index (χ0) is 19.0. The first kappa shape index (κ1) is 20.1. The molecule has 28 heavy (non-hydrogen) atoms. The number of aromatic nitrogens is 3. The molecule has 1 aliphatic rings. The van der Waals surface area contributed by atoms with Crippen LogP contribution < -0.4 is 5.32 Å². The van der Waals surface area contributed by atoms with Crippen LogP contribution in [0.3, 0.4) is 0 Å². The van der Waals surface area contributed by atoms with E-state index < -0.39 is 0 Å². The number of hydrogen-bond acceptors (Lipinski definition) is 5. The monoisotopic (exact) mass is 401 g/mol. The lowest BCUT2D eigenvalue weighted by Crippen LogP contribution is -2.48. The standard InChI is InChI=1S/C20H23N5O2.ClH/c1-13-9-17(15(3)25(13)19-10-14(2)27-23-19)20(26)24-8-7-22-12-18(24)16-5-4-6-21-11-16;/h4-6,9-11,18,22H,7-8,12H2,1-3H3;1H.